The SMILES string of the molecule is CCN1CCC(N(C)C(=O)[C@H](Cc2cnc[nH]2)NC(C)=O)CC1. The van der Waals surface area contributed by atoms with Crippen LogP contribution in [0, 0.1) is 0 Å². The summed E-state index contributed by atoms with van der Waals surface area (Å²) in [6.45, 7) is 6.69. The van der Waals surface area contributed by atoms with Crippen LogP contribution in [0.4, 0.5) is 0 Å². The van der Waals surface area contributed by atoms with Gasteiger partial charge in [-0.1, -0.05) is 6.92 Å². The van der Waals surface area contributed by atoms with Gasteiger partial charge in [-0.2, -0.15) is 0 Å². The van der Waals surface area contributed by atoms with E-state index in [1.807, 2.05) is 11.9 Å². The minimum atomic E-state index is -0.554. The van der Waals surface area contributed by atoms with Gasteiger partial charge in [-0.25, -0.2) is 4.98 Å². The molecule has 0 radical (unpaired) electrons. The van der Waals surface area contributed by atoms with Gasteiger partial charge in [-0.3, -0.25) is 9.59 Å². The number of hydrogen-bond acceptors (Lipinski definition) is 4. The second-order valence-corrected chi connectivity index (χ2v) is 6.15. The fraction of sp³-hybridized carbons (Fsp3) is 0.688. The zero-order chi connectivity index (χ0) is 16.8. The fourth-order valence-electron chi connectivity index (χ4n) is 3.11. The lowest BCUT2D eigenvalue weighted by Crippen LogP contribution is -2.53. The van der Waals surface area contributed by atoms with E-state index in [-0.39, 0.29) is 17.9 Å². The van der Waals surface area contributed by atoms with Crippen molar-refractivity contribution in [3.63, 3.8) is 0 Å². The van der Waals surface area contributed by atoms with E-state index < -0.39 is 6.04 Å². The third-order valence-electron chi connectivity index (χ3n) is 4.55. The number of nitrogens with one attached hydrogen (secondary N) is 2. The summed E-state index contributed by atoms with van der Waals surface area (Å²) < 4.78 is 0. The van der Waals surface area contributed by atoms with E-state index in [0.717, 1.165) is 38.2 Å². The third-order valence-corrected chi connectivity index (χ3v) is 4.55. The van der Waals surface area contributed by atoms with Gasteiger partial charge in [0.05, 0.1) is 6.33 Å². The first-order valence-electron chi connectivity index (χ1n) is 8.24. The van der Waals surface area contributed by atoms with Crippen molar-refractivity contribution in [3.05, 3.63) is 18.2 Å². The summed E-state index contributed by atoms with van der Waals surface area (Å²) in [5, 5.41) is 2.77. The number of carbonyl (C=O) groups excluding carboxylic acids is 2. The highest BCUT2D eigenvalue weighted by Crippen LogP contribution is 2.16. The zero-order valence-electron chi connectivity index (χ0n) is 14.2. The third kappa shape index (κ3) is 4.79. The lowest BCUT2D eigenvalue weighted by molar-refractivity contribution is -0.137. The lowest BCUT2D eigenvalue weighted by atomic mass is 10.0. The minimum Gasteiger partial charge on any atom is -0.348 e. The molecule has 1 aromatic rings. The molecule has 2 rings (SSSR count). The summed E-state index contributed by atoms with van der Waals surface area (Å²) in [5.74, 6) is -0.234. The van der Waals surface area contributed by atoms with Crippen LogP contribution < -0.4 is 5.32 Å². The number of nitrogens with zero attached hydrogens (tertiary/aromatic N) is 3. The lowest BCUT2D eigenvalue weighted by Gasteiger charge is -2.37. The van der Waals surface area contributed by atoms with Crippen LogP contribution in [0.3, 0.4) is 0 Å². The molecule has 1 aromatic heterocycles. The number of piperidine rings is 1. The van der Waals surface area contributed by atoms with Crippen LogP contribution in [0.1, 0.15) is 32.4 Å². The number of aromatic nitrogens is 2. The Kier molecular flexibility index (Phi) is 6.15. The predicted octanol–water partition coefficient (Wildman–Crippen LogP) is 0.400. The number of likely N-dealkylation sites (tertiary alicyclic amines) is 1. The molecule has 0 aromatic carbocycles. The molecule has 1 aliphatic rings. The highest BCUT2D eigenvalue weighted by Gasteiger charge is 2.30. The quantitative estimate of drug-likeness (QED) is 0.795. The molecular weight excluding hydrogens is 294 g/mol. The van der Waals surface area contributed by atoms with Gasteiger partial charge in [-0.15, -0.1) is 0 Å². The van der Waals surface area contributed by atoms with Crippen molar-refractivity contribution in [2.24, 2.45) is 0 Å². The maximum Gasteiger partial charge on any atom is 0.245 e. The molecule has 0 bridgehead atoms. The first-order chi connectivity index (χ1) is 11.0. The zero-order valence-corrected chi connectivity index (χ0v) is 14.2. The highest BCUT2D eigenvalue weighted by atomic mass is 16.2. The molecular formula is C16H27N5O2. The number of H-pyrrole nitrogens is 1. The van der Waals surface area contributed by atoms with Gasteiger partial charge in [0.2, 0.25) is 11.8 Å². The Bertz CT molecular complexity index is 509. The smallest absolute Gasteiger partial charge is 0.245 e. The van der Waals surface area contributed by atoms with E-state index in [1.165, 1.54) is 6.92 Å². The summed E-state index contributed by atoms with van der Waals surface area (Å²) in [6, 6.07) is -0.314. The van der Waals surface area contributed by atoms with Crippen LogP contribution in [0.25, 0.3) is 0 Å². The van der Waals surface area contributed by atoms with Crippen LogP contribution in [0.5, 0.6) is 0 Å². The molecule has 1 aliphatic heterocycles. The minimum absolute atomic E-state index is 0.0373. The Morgan fingerprint density at radius 3 is 2.70 bits per heavy atom. The van der Waals surface area contributed by atoms with Crippen molar-refractivity contribution < 1.29 is 9.59 Å². The Morgan fingerprint density at radius 2 is 2.17 bits per heavy atom. The Morgan fingerprint density at radius 1 is 1.48 bits per heavy atom. The molecule has 0 saturated carbocycles. The van der Waals surface area contributed by atoms with E-state index in [9.17, 15) is 9.59 Å². The molecule has 1 fully saturated rings. The molecule has 2 amide bonds. The molecule has 2 N–H and O–H groups in total. The molecule has 7 nitrogen and oxygen atoms in total. The standard InChI is InChI=1S/C16H27N5O2/c1-4-21-7-5-14(6-8-21)20(3)16(23)15(19-12(2)22)9-13-10-17-11-18-13/h10-11,14-15H,4-9H2,1-3H3,(H,17,18)(H,19,22)/t15-/m0/s1. The summed E-state index contributed by atoms with van der Waals surface area (Å²) in [5.41, 5.74) is 0.839. The highest BCUT2D eigenvalue weighted by molar-refractivity contribution is 5.87. The number of rotatable bonds is 6. The molecule has 1 saturated heterocycles. The largest absolute Gasteiger partial charge is 0.348 e. The molecule has 7 heteroatoms. The number of amides is 2. The summed E-state index contributed by atoms with van der Waals surface area (Å²) in [6.07, 6.45) is 5.65. The maximum atomic E-state index is 12.8. The van der Waals surface area contributed by atoms with Gasteiger partial charge < -0.3 is 20.1 Å². The average Bonchev–Trinajstić information content (AvgIpc) is 3.05. The summed E-state index contributed by atoms with van der Waals surface area (Å²) >= 11 is 0. The number of hydrogen-bond donors (Lipinski definition) is 2. The molecule has 2 heterocycles. The molecule has 23 heavy (non-hydrogen) atoms. The van der Waals surface area contributed by atoms with Crippen molar-refractivity contribution in [1.29, 1.82) is 0 Å². The Hall–Kier alpha value is -1.89. The predicted molar refractivity (Wildman–Crippen MR) is 87.8 cm³/mol. The average molecular weight is 321 g/mol. The van der Waals surface area contributed by atoms with Gasteiger partial charge in [-0.05, 0) is 19.4 Å². The summed E-state index contributed by atoms with van der Waals surface area (Å²) in [7, 11) is 1.84. The number of likely N-dealkylation sites (N-methyl/N-ethyl adjacent to an activating group) is 1. The number of imidazole rings is 1. The van der Waals surface area contributed by atoms with Gasteiger partial charge in [0.1, 0.15) is 6.04 Å². The topological polar surface area (TPSA) is 81.3 Å². The number of aromatic amines is 1. The van der Waals surface area contributed by atoms with Gasteiger partial charge >= 0.3 is 0 Å². The van der Waals surface area contributed by atoms with E-state index in [2.05, 4.69) is 27.1 Å². The molecule has 0 spiro atoms. The van der Waals surface area contributed by atoms with Crippen LogP contribution in [-0.2, 0) is 16.0 Å². The van der Waals surface area contributed by atoms with Crippen LogP contribution in [0.2, 0.25) is 0 Å². The first-order valence-corrected chi connectivity index (χ1v) is 8.24. The van der Waals surface area contributed by atoms with E-state index >= 15 is 0 Å². The fourth-order valence-corrected chi connectivity index (χ4v) is 3.11. The van der Waals surface area contributed by atoms with Gasteiger partial charge in [0.25, 0.3) is 0 Å². The monoisotopic (exact) mass is 321 g/mol. The van der Waals surface area contributed by atoms with Crippen molar-refractivity contribution >= 4 is 11.8 Å². The number of carbonyl (C=O) groups is 2. The van der Waals surface area contributed by atoms with Crippen LogP contribution >= 0.6 is 0 Å². The molecule has 0 unspecified atom stereocenters. The normalized spacial score (nSPS) is 17.7. The van der Waals surface area contributed by atoms with E-state index in [0.29, 0.717) is 6.42 Å². The second-order valence-electron chi connectivity index (χ2n) is 6.15. The van der Waals surface area contributed by atoms with Crippen molar-refractivity contribution in [2.45, 2.75) is 45.2 Å². The van der Waals surface area contributed by atoms with Crippen LogP contribution in [0.15, 0.2) is 12.5 Å². The van der Waals surface area contributed by atoms with Crippen molar-refractivity contribution in [3.8, 4) is 0 Å². The molecule has 0 aliphatic carbocycles. The van der Waals surface area contributed by atoms with Crippen molar-refractivity contribution in [1.82, 2.24) is 25.1 Å². The van der Waals surface area contributed by atoms with Crippen LogP contribution in [-0.4, -0.2) is 70.3 Å². The second kappa shape index (κ2) is 8.10. The maximum absolute atomic E-state index is 12.8. The molecule has 1 atom stereocenters. The van der Waals surface area contributed by atoms with E-state index in [1.54, 1.807) is 12.5 Å². The van der Waals surface area contributed by atoms with E-state index in [4.69, 9.17) is 0 Å². The first kappa shape index (κ1) is 17.5. The summed E-state index contributed by atoms with van der Waals surface area (Å²) in [4.78, 5) is 35.4. The molecule has 128 valence electrons. The van der Waals surface area contributed by atoms with Crippen molar-refractivity contribution in [2.75, 3.05) is 26.7 Å². The van der Waals surface area contributed by atoms with Gasteiger partial charge in [0, 0.05) is 51.4 Å². The Labute approximate surface area is 137 Å². The Balaban J connectivity index is 1.99. The van der Waals surface area contributed by atoms with Gasteiger partial charge in [0.15, 0.2) is 0 Å².